The molecule has 0 saturated heterocycles. The van der Waals surface area contributed by atoms with Crippen molar-refractivity contribution < 1.29 is 9.53 Å². The Kier molecular flexibility index (Phi) is 9.51. The Morgan fingerprint density at radius 3 is 2.65 bits per heavy atom. The SMILES string of the molecule is CC/C=C1\C(=C/CC)n2cccc2C(C)(CCCN(C)C(=O)CC2C=CC(OCC)=CC2)N1I. The summed E-state index contributed by atoms with van der Waals surface area (Å²) in [5.74, 6) is 1.39. The van der Waals surface area contributed by atoms with E-state index >= 15 is 0 Å². The Morgan fingerprint density at radius 1 is 1.26 bits per heavy atom. The van der Waals surface area contributed by atoms with Crippen molar-refractivity contribution in [3.8, 4) is 0 Å². The van der Waals surface area contributed by atoms with Crippen LogP contribution in [0.25, 0.3) is 5.70 Å². The molecular weight excluding hydrogens is 537 g/mol. The topological polar surface area (TPSA) is 37.7 Å². The number of aromatic nitrogens is 1. The minimum Gasteiger partial charge on any atom is -0.494 e. The average molecular weight is 578 g/mol. The molecule has 1 amide bonds. The highest BCUT2D eigenvalue weighted by Crippen LogP contribution is 2.47. The number of hydrogen-bond acceptors (Lipinski definition) is 3. The van der Waals surface area contributed by atoms with Crippen LogP contribution in [-0.4, -0.2) is 38.7 Å². The Labute approximate surface area is 219 Å². The molecule has 0 saturated carbocycles. The van der Waals surface area contributed by atoms with Crippen LogP contribution in [0.15, 0.2) is 60.2 Å². The van der Waals surface area contributed by atoms with Gasteiger partial charge in [0.1, 0.15) is 5.76 Å². The van der Waals surface area contributed by atoms with Gasteiger partial charge in [0, 0.05) is 31.9 Å². The number of hydrogen-bond donors (Lipinski definition) is 0. The number of carbonyl (C=O) groups is 1. The van der Waals surface area contributed by atoms with Crippen LogP contribution in [0.4, 0.5) is 0 Å². The summed E-state index contributed by atoms with van der Waals surface area (Å²) >= 11 is 2.49. The van der Waals surface area contributed by atoms with Gasteiger partial charge in [0.05, 0.1) is 46.4 Å². The maximum absolute atomic E-state index is 12.9. The Morgan fingerprint density at radius 2 is 2.00 bits per heavy atom. The summed E-state index contributed by atoms with van der Waals surface area (Å²) in [5, 5.41) is 0. The van der Waals surface area contributed by atoms with E-state index in [9.17, 15) is 4.79 Å². The lowest BCUT2D eigenvalue weighted by atomic mass is 9.88. The quantitative estimate of drug-likeness (QED) is 0.221. The number of halogens is 1. The molecule has 0 aromatic carbocycles. The first-order chi connectivity index (χ1) is 16.3. The first-order valence-electron chi connectivity index (χ1n) is 12.7. The predicted molar refractivity (Wildman–Crippen MR) is 149 cm³/mol. The van der Waals surface area contributed by atoms with Crippen molar-refractivity contribution >= 4 is 34.5 Å². The third-order valence-corrected chi connectivity index (χ3v) is 8.33. The summed E-state index contributed by atoms with van der Waals surface area (Å²) in [6.07, 6.45) is 18.4. The van der Waals surface area contributed by atoms with Gasteiger partial charge in [-0.25, -0.2) is 0 Å². The standard InChI is InChI=1S/C28H40IN3O2/c1-6-11-24-25(12-7-2)32(29)28(4,26-13-9-20-31(24)26)18-10-19-30(5)27(33)21-22-14-16-23(17-15-22)34-8-3/h9,11-14,16-17,20,22H,6-8,10,15,18-19,21H2,1-5H3/b24-11+,25-12+. The van der Waals surface area contributed by atoms with Crippen LogP contribution in [0.5, 0.6) is 0 Å². The molecule has 6 heteroatoms. The summed E-state index contributed by atoms with van der Waals surface area (Å²) in [7, 11) is 1.94. The van der Waals surface area contributed by atoms with E-state index in [1.807, 2.05) is 24.9 Å². The Bertz CT molecular complexity index is 974. The second-order valence-electron chi connectivity index (χ2n) is 9.33. The van der Waals surface area contributed by atoms with Gasteiger partial charge in [0.2, 0.25) is 5.91 Å². The molecule has 1 aromatic rings. The van der Waals surface area contributed by atoms with E-state index in [-0.39, 0.29) is 17.4 Å². The summed E-state index contributed by atoms with van der Waals surface area (Å²) in [6.45, 7) is 10.1. The fourth-order valence-corrected chi connectivity index (χ4v) is 5.79. The van der Waals surface area contributed by atoms with E-state index in [1.54, 1.807) is 0 Å². The lowest BCUT2D eigenvalue weighted by molar-refractivity contribution is -0.130. The summed E-state index contributed by atoms with van der Waals surface area (Å²) in [5.41, 5.74) is 3.73. The van der Waals surface area contributed by atoms with Gasteiger partial charge in [-0.2, -0.15) is 0 Å². The molecule has 3 rings (SSSR count). The molecule has 0 bridgehead atoms. The molecule has 186 valence electrons. The lowest BCUT2D eigenvalue weighted by Crippen LogP contribution is -2.43. The van der Waals surface area contributed by atoms with Gasteiger partial charge < -0.3 is 17.3 Å². The second kappa shape index (κ2) is 12.1. The number of fused-ring (bicyclic) bond motifs is 1. The molecule has 0 radical (unpaired) electrons. The lowest BCUT2D eigenvalue weighted by Gasteiger charge is -2.46. The molecule has 1 aromatic heterocycles. The Hall–Kier alpha value is -1.96. The molecule has 2 atom stereocenters. The van der Waals surface area contributed by atoms with Crippen LogP contribution in [0.3, 0.4) is 0 Å². The summed E-state index contributed by atoms with van der Waals surface area (Å²) < 4.78 is 10.3. The molecule has 1 aliphatic heterocycles. The maximum Gasteiger partial charge on any atom is 0.222 e. The minimum atomic E-state index is -0.132. The van der Waals surface area contributed by atoms with E-state index < -0.39 is 0 Å². The number of amides is 1. The number of allylic oxidation sites excluding steroid dienone is 6. The zero-order valence-electron chi connectivity index (χ0n) is 21.4. The van der Waals surface area contributed by atoms with Crippen LogP contribution < -0.4 is 0 Å². The largest absolute Gasteiger partial charge is 0.494 e. The second-order valence-corrected chi connectivity index (χ2v) is 10.3. The molecule has 1 aliphatic carbocycles. The van der Waals surface area contributed by atoms with Gasteiger partial charge in [-0.05, 0) is 76.2 Å². The first kappa shape index (κ1) is 26.6. The van der Waals surface area contributed by atoms with E-state index in [2.05, 4.69) is 93.9 Å². The van der Waals surface area contributed by atoms with Crippen molar-refractivity contribution in [2.45, 2.75) is 71.8 Å². The van der Waals surface area contributed by atoms with Crippen molar-refractivity contribution in [3.05, 3.63) is 65.9 Å². The van der Waals surface area contributed by atoms with E-state index in [0.29, 0.717) is 13.0 Å². The average Bonchev–Trinajstić information content (AvgIpc) is 3.32. The van der Waals surface area contributed by atoms with Crippen LogP contribution in [0.1, 0.15) is 71.9 Å². The van der Waals surface area contributed by atoms with E-state index in [1.165, 1.54) is 17.1 Å². The molecule has 0 N–H and O–H groups in total. The van der Waals surface area contributed by atoms with Crippen LogP contribution in [-0.2, 0) is 15.1 Å². The van der Waals surface area contributed by atoms with Gasteiger partial charge in [-0.1, -0.05) is 32.1 Å². The highest BCUT2D eigenvalue weighted by atomic mass is 127. The number of nitrogens with zero attached hydrogens (tertiary/aromatic N) is 3. The normalized spacial score (nSPS) is 24.4. The molecule has 2 heterocycles. The maximum atomic E-state index is 12.9. The number of carbonyl (C=O) groups excluding carboxylic acids is 1. The van der Waals surface area contributed by atoms with Gasteiger partial charge in [0.15, 0.2) is 0 Å². The van der Waals surface area contributed by atoms with Crippen LogP contribution in [0.2, 0.25) is 0 Å². The highest BCUT2D eigenvalue weighted by molar-refractivity contribution is 14.1. The smallest absolute Gasteiger partial charge is 0.222 e. The van der Waals surface area contributed by atoms with Crippen LogP contribution >= 0.6 is 22.9 Å². The zero-order valence-corrected chi connectivity index (χ0v) is 23.5. The Balaban J connectivity index is 1.63. The monoisotopic (exact) mass is 577 g/mol. The predicted octanol–water partition coefficient (Wildman–Crippen LogP) is 7.04. The van der Waals surface area contributed by atoms with Crippen molar-refractivity contribution in [2.24, 2.45) is 5.92 Å². The molecular formula is C28H40IN3O2. The fraction of sp³-hybridized carbons (Fsp3) is 0.536. The molecule has 2 aliphatic rings. The van der Waals surface area contributed by atoms with E-state index in [4.69, 9.17) is 4.74 Å². The molecule has 34 heavy (non-hydrogen) atoms. The van der Waals surface area contributed by atoms with Gasteiger partial charge in [-0.15, -0.1) is 0 Å². The molecule has 0 spiro atoms. The summed E-state index contributed by atoms with van der Waals surface area (Å²) in [4.78, 5) is 14.8. The van der Waals surface area contributed by atoms with Crippen molar-refractivity contribution in [1.82, 2.24) is 12.6 Å². The highest BCUT2D eigenvalue weighted by Gasteiger charge is 2.41. The first-order valence-corrected chi connectivity index (χ1v) is 13.6. The zero-order chi connectivity index (χ0) is 24.7. The minimum absolute atomic E-state index is 0.132. The third kappa shape index (κ3) is 5.81. The number of rotatable bonds is 10. The summed E-state index contributed by atoms with van der Waals surface area (Å²) in [6, 6.07) is 4.39. The molecule has 5 nitrogen and oxygen atoms in total. The number of ether oxygens (including phenoxy) is 1. The van der Waals surface area contributed by atoms with Crippen molar-refractivity contribution in [3.63, 3.8) is 0 Å². The van der Waals surface area contributed by atoms with Gasteiger partial charge in [-0.3, -0.25) is 4.79 Å². The van der Waals surface area contributed by atoms with Gasteiger partial charge in [0.25, 0.3) is 0 Å². The van der Waals surface area contributed by atoms with Crippen molar-refractivity contribution in [1.29, 1.82) is 0 Å². The van der Waals surface area contributed by atoms with E-state index in [0.717, 1.165) is 44.4 Å². The van der Waals surface area contributed by atoms with Crippen molar-refractivity contribution in [2.75, 3.05) is 20.2 Å². The molecule has 2 unspecified atom stereocenters. The van der Waals surface area contributed by atoms with Gasteiger partial charge >= 0.3 is 0 Å². The third-order valence-electron chi connectivity index (χ3n) is 6.75. The fourth-order valence-electron chi connectivity index (χ4n) is 4.86. The van der Waals surface area contributed by atoms with Crippen LogP contribution in [0, 0.1) is 5.92 Å². The molecule has 0 fully saturated rings.